The van der Waals surface area contributed by atoms with Crippen LogP contribution in [0.1, 0.15) is 6.92 Å². The van der Waals surface area contributed by atoms with Crippen LogP contribution < -0.4 is 11.2 Å². The lowest BCUT2D eigenvalue weighted by Gasteiger charge is -2.25. The van der Waals surface area contributed by atoms with Gasteiger partial charge in [0, 0.05) is 11.9 Å². The molecule has 7 heteroatoms. The first-order valence-electron chi connectivity index (χ1n) is 6.50. The van der Waals surface area contributed by atoms with Gasteiger partial charge in [-0.2, -0.15) is 0 Å². The highest BCUT2D eigenvalue weighted by atomic mass is 28.3. The molecule has 6 nitrogen and oxygen atoms in total. The third-order valence-electron chi connectivity index (χ3n) is 3.43. The van der Waals surface area contributed by atoms with E-state index in [1.54, 1.807) is 12.1 Å². The number of H-pyrrole nitrogens is 1. The molecule has 1 unspecified atom stereocenters. The molecule has 0 aliphatic rings. The molecule has 2 aromatic heterocycles. The number of nitrogens with zero attached hydrogens (tertiary/aromatic N) is 2. The Bertz CT molecular complexity index is 730. The molecule has 2 aromatic rings. The van der Waals surface area contributed by atoms with Crippen LogP contribution in [0, 0.1) is 0 Å². The third kappa shape index (κ3) is 2.88. The minimum absolute atomic E-state index is 0.0373. The van der Waals surface area contributed by atoms with Gasteiger partial charge in [0.05, 0.1) is 13.5 Å². The molecule has 0 fully saturated rings. The quantitative estimate of drug-likeness (QED) is 0.863. The molecular formula is C13H19N3O3Si. The molecule has 2 rings (SSSR count). The monoisotopic (exact) mass is 293 g/mol. The number of rotatable bonds is 4. The molecule has 0 aromatic carbocycles. The van der Waals surface area contributed by atoms with Crippen molar-refractivity contribution in [3.63, 3.8) is 0 Å². The molecule has 0 aliphatic carbocycles. The van der Waals surface area contributed by atoms with E-state index in [1.165, 1.54) is 6.20 Å². The fourth-order valence-electron chi connectivity index (χ4n) is 1.64. The average Bonchev–Trinajstić information content (AvgIpc) is 2.37. The number of hydrogen-bond acceptors (Lipinski definition) is 4. The lowest BCUT2D eigenvalue weighted by Crippen LogP contribution is -2.42. The van der Waals surface area contributed by atoms with Crippen LogP contribution in [0.25, 0.3) is 11.0 Å². The zero-order chi connectivity index (χ0) is 14.9. The van der Waals surface area contributed by atoms with Crippen LogP contribution in [0.15, 0.2) is 27.9 Å². The maximum atomic E-state index is 12.2. The van der Waals surface area contributed by atoms with Gasteiger partial charge in [0.1, 0.15) is 12.4 Å². The normalized spacial score (nSPS) is 13.6. The zero-order valence-electron chi connectivity index (χ0n) is 12.1. The molecule has 0 spiro atoms. The molecule has 0 saturated heterocycles. The van der Waals surface area contributed by atoms with Crippen molar-refractivity contribution in [1.29, 1.82) is 0 Å². The Hall–Kier alpha value is -1.73. The minimum Gasteiger partial charge on any atom is -0.361 e. The summed E-state index contributed by atoms with van der Waals surface area (Å²) in [5.74, 6) is 0. The first-order valence-corrected chi connectivity index (χ1v) is 10.1. The van der Waals surface area contributed by atoms with Crippen LogP contribution in [-0.4, -0.2) is 28.3 Å². The van der Waals surface area contributed by atoms with E-state index >= 15 is 0 Å². The number of nitrogens with one attached hydrogen (secondary N) is 1. The molecule has 1 atom stereocenters. The van der Waals surface area contributed by atoms with Gasteiger partial charge in [0.2, 0.25) is 0 Å². The van der Waals surface area contributed by atoms with Crippen molar-refractivity contribution in [1.82, 2.24) is 14.5 Å². The predicted octanol–water partition coefficient (Wildman–Crippen LogP) is 1.32. The van der Waals surface area contributed by atoms with E-state index in [1.807, 2.05) is 6.92 Å². The molecule has 0 aliphatic heterocycles. The van der Waals surface area contributed by atoms with E-state index < -0.39 is 13.8 Å². The number of hydrogen-bond donors (Lipinski definition) is 1. The van der Waals surface area contributed by atoms with Crippen LogP contribution >= 0.6 is 0 Å². The fourth-order valence-corrected chi connectivity index (χ4v) is 2.21. The summed E-state index contributed by atoms with van der Waals surface area (Å²) in [6.45, 7) is 8.47. The summed E-state index contributed by atoms with van der Waals surface area (Å²) in [5, 5.41) is 0.386. The second-order valence-corrected chi connectivity index (χ2v) is 11.4. The number of aromatic amines is 1. The van der Waals surface area contributed by atoms with Crippen molar-refractivity contribution in [3.8, 4) is 0 Å². The molecule has 0 amide bonds. The van der Waals surface area contributed by atoms with E-state index in [0.29, 0.717) is 11.0 Å². The molecule has 0 radical (unpaired) electrons. The van der Waals surface area contributed by atoms with Gasteiger partial charge in [-0.25, -0.2) is 14.3 Å². The van der Waals surface area contributed by atoms with Gasteiger partial charge >= 0.3 is 5.69 Å². The van der Waals surface area contributed by atoms with Gasteiger partial charge in [-0.3, -0.25) is 9.78 Å². The summed E-state index contributed by atoms with van der Waals surface area (Å²) in [6, 6.07) is 3.30. The summed E-state index contributed by atoms with van der Waals surface area (Å²) >= 11 is 0. The van der Waals surface area contributed by atoms with Gasteiger partial charge in [-0.15, -0.1) is 0 Å². The van der Waals surface area contributed by atoms with Crippen LogP contribution in [0.2, 0.25) is 19.6 Å². The van der Waals surface area contributed by atoms with Gasteiger partial charge < -0.3 is 4.74 Å². The van der Waals surface area contributed by atoms with Crippen molar-refractivity contribution < 1.29 is 4.74 Å². The number of ether oxygens (including phenoxy) is 1. The summed E-state index contributed by atoms with van der Waals surface area (Å²) in [6.07, 6.45) is 1.53. The summed E-state index contributed by atoms with van der Waals surface area (Å²) < 4.78 is 6.76. The van der Waals surface area contributed by atoms with Crippen LogP contribution in [-0.2, 0) is 11.5 Å². The summed E-state index contributed by atoms with van der Waals surface area (Å²) in [4.78, 5) is 30.7. The average molecular weight is 293 g/mol. The van der Waals surface area contributed by atoms with E-state index in [0.717, 1.165) is 4.57 Å². The number of aromatic nitrogens is 3. The Morgan fingerprint density at radius 1 is 1.40 bits per heavy atom. The lowest BCUT2D eigenvalue weighted by atomic mass is 10.3. The fraction of sp³-hybridized carbons (Fsp3) is 0.462. The molecule has 1 N–H and O–H groups in total. The molecule has 20 heavy (non-hydrogen) atoms. The lowest BCUT2D eigenvalue weighted by molar-refractivity contribution is 0.0521. The summed E-state index contributed by atoms with van der Waals surface area (Å²) in [5.41, 5.74) is -0.515. The Morgan fingerprint density at radius 2 is 2.10 bits per heavy atom. The van der Waals surface area contributed by atoms with Crippen molar-refractivity contribution in [2.24, 2.45) is 0 Å². The van der Waals surface area contributed by atoms with Gasteiger partial charge in [0.25, 0.3) is 5.56 Å². The van der Waals surface area contributed by atoms with Gasteiger partial charge in [-0.1, -0.05) is 19.6 Å². The van der Waals surface area contributed by atoms with Crippen LogP contribution in [0.5, 0.6) is 0 Å². The first kappa shape index (κ1) is 14.7. The van der Waals surface area contributed by atoms with Crippen molar-refractivity contribution in [2.45, 2.75) is 39.0 Å². The van der Waals surface area contributed by atoms with Crippen molar-refractivity contribution in [3.05, 3.63) is 39.2 Å². The van der Waals surface area contributed by atoms with Gasteiger partial charge in [0.15, 0.2) is 0 Å². The number of pyridine rings is 1. The maximum absolute atomic E-state index is 12.2. The van der Waals surface area contributed by atoms with Gasteiger partial charge in [-0.05, 0) is 19.1 Å². The predicted molar refractivity (Wildman–Crippen MR) is 80.5 cm³/mol. The minimum atomic E-state index is -1.47. The highest BCUT2D eigenvalue weighted by Crippen LogP contribution is 2.10. The van der Waals surface area contributed by atoms with E-state index in [9.17, 15) is 9.59 Å². The first-order chi connectivity index (χ1) is 9.30. The Balaban J connectivity index is 2.36. The summed E-state index contributed by atoms with van der Waals surface area (Å²) in [7, 11) is -1.47. The Morgan fingerprint density at radius 3 is 2.75 bits per heavy atom. The standard InChI is InChI=1S/C13H19N3O3Si/c1-9(20(2,3)4)19-8-16-12(17)10-6-5-7-14-11(10)15-13(16)18/h5-7,9H,8H2,1-4H3,(H,14,15,18). The van der Waals surface area contributed by atoms with E-state index in [-0.39, 0.29) is 18.0 Å². The highest BCUT2D eigenvalue weighted by Gasteiger charge is 2.23. The zero-order valence-corrected chi connectivity index (χ0v) is 13.1. The Kier molecular flexibility index (Phi) is 3.91. The largest absolute Gasteiger partial charge is 0.361 e. The van der Waals surface area contributed by atoms with E-state index in [4.69, 9.17) is 4.74 Å². The second kappa shape index (κ2) is 5.33. The SMILES string of the molecule is CC(OCn1c(=O)[nH]c2ncccc2c1=O)[Si](C)(C)C. The molecule has 108 valence electrons. The second-order valence-electron chi connectivity index (χ2n) is 5.87. The topological polar surface area (TPSA) is 77.0 Å². The molecule has 0 saturated carbocycles. The van der Waals surface area contributed by atoms with Crippen LogP contribution in [0.3, 0.4) is 0 Å². The third-order valence-corrected chi connectivity index (χ3v) is 6.03. The molecule has 0 bridgehead atoms. The molecular weight excluding hydrogens is 274 g/mol. The van der Waals surface area contributed by atoms with Crippen molar-refractivity contribution >= 4 is 19.1 Å². The van der Waals surface area contributed by atoms with Crippen LogP contribution in [0.4, 0.5) is 0 Å². The maximum Gasteiger partial charge on any atom is 0.331 e. The Labute approximate surface area is 117 Å². The highest BCUT2D eigenvalue weighted by molar-refractivity contribution is 6.77. The molecule has 2 heterocycles. The number of fused-ring (bicyclic) bond motifs is 1. The smallest absolute Gasteiger partial charge is 0.331 e. The van der Waals surface area contributed by atoms with E-state index in [2.05, 4.69) is 29.6 Å². The van der Waals surface area contributed by atoms with Crippen molar-refractivity contribution in [2.75, 3.05) is 0 Å².